The number of ether oxygens (including phenoxy) is 1. The van der Waals surface area contributed by atoms with Crippen molar-refractivity contribution in [3.63, 3.8) is 0 Å². The van der Waals surface area contributed by atoms with Gasteiger partial charge in [0.1, 0.15) is 0 Å². The largest absolute Gasteiger partial charge is 0.491 e. The molecule has 1 rings (SSSR count). The van der Waals surface area contributed by atoms with Gasteiger partial charge >= 0.3 is 0 Å². The highest BCUT2D eigenvalue weighted by molar-refractivity contribution is 7.92. The summed E-state index contributed by atoms with van der Waals surface area (Å²) in [5.41, 5.74) is 0.202. The first-order chi connectivity index (χ1) is 9.84. The maximum atomic E-state index is 13.6. The van der Waals surface area contributed by atoms with Crippen molar-refractivity contribution >= 4 is 15.7 Å². The predicted molar refractivity (Wildman–Crippen MR) is 82.7 cm³/mol. The third kappa shape index (κ3) is 6.77. The molecule has 7 heteroatoms. The van der Waals surface area contributed by atoms with E-state index in [9.17, 15) is 12.8 Å². The fourth-order valence-electron chi connectivity index (χ4n) is 1.72. The summed E-state index contributed by atoms with van der Waals surface area (Å²) < 4.78 is 44.8. The third-order valence-corrected chi connectivity index (χ3v) is 4.02. The number of hydrogen-bond acceptors (Lipinski definition) is 4. The molecule has 5 nitrogen and oxygen atoms in total. The number of nitrogens with one attached hydrogen (secondary N) is 2. The quantitative estimate of drug-likeness (QED) is 0.686. The average molecular weight is 318 g/mol. The lowest BCUT2D eigenvalue weighted by molar-refractivity contribution is 0.321. The summed E-state index contributed by atoms with van der Waals surface area (Å²) >= 11 is 0. The van der Waals surface area contributed by atoms with E-state index in [4.69, 9.17) is 4.74 Å². The molecule has 0 aromatic heterocycles. The van der Waals surface area contributed by atoms with Crippen molar-refractivity contribution in [3.8, 4) is 5.75 Å². The fourth-order valence-corrected chi connectivity index (χ4v) is 2.83. The van der Waals surface area contributed by atoms with Gasteiger partial charge in [-0.05, 0) is 32.0 Å². The van der Waals surface area contributed by atoms with E-state index in [0.29, 0.717) is 25.6 Å². The van der Waals surface area contributed by atoms with Crippen molar-refractivity contribution in [2.45, 2.75) is 33.2 Å². The van der Waals surface area contributed by atoms with Gasteiger partial charge in [-0.15, -0.1) is 0 Å². The van der Waals surface area contributed by atoms with E-state index >= 15 is 0 Å². The molecule has 0 saturated carbocycles. The van der Waals surface area contributed by atoms with Crippen LogP contribution in [0.5, 0.6) is 5.75 Å². The minimum absolute atomic E-state index is 0.0124. The van der Waals surface area contributed by atoms with Crippen molar-refractivity contribution in [1.82, 2.24) is 5.32 Å². The Morgan fingerprint density at radius 3 is 2.62 bits per heavy atom. The van der Waals surface area contributed by atoms with Crippen LogP contribution in [0.1, 0.15) is 27.2 Å². The summed E-state index contributed by atoms with van der Waals surface area (Å²) in [5.74, 6) is -0.484. The van der Waals surface area contributed by atoms with Crippen molar-refractivity contribution in [2.75, 3.05) is 23.6 Å². The van der Waals surface area contributed by atoms with Gasteiger partial charge in [-0.3, -0.25) is 4.72 Å². The zero-order chi connectivity index (χ0) is 15.9. The van der Waals surface area contributed by atoms with Gasteiger partial charge in [-0.2, -0.15) is 0 Å². The Balaban J connectivity index is 2.56. The smallest absolute Gasteiger partial charge is 0.232 e. The van der Waals surface area contributed by atoms with E-state index in [0.717, 1.165) is 6.07 Å². The summed E-state index contributed by atoms with van der Waals surface area (Å²) in [5, 5.41) is 3.14. The molecular weight excluding hydrogens is 295 g/mol. The molecule has 0 saturated heterocycles. The molecule has 0 atom stereocenters. The topological polar surface area (TPSA) is 67.4 Å². The summed E-state index contributed by atoms with van der Waals surface area (Å²) in [7, 11) is -3.47. The molecule has 0 aliphatic rings. The Labute approximate surface area is 125 Å². The van der Waals surface area contributed by atoms with E-state index in [-0.39, 0.29) is 17.2 Å². The Morgan fingerprint density at radius 2 is 2.05 bits per heavy atom. The monoisotopic (exact) mass is 318 g/mol. The van der Waals surface area contributed by atoms with Crippen LogP contribution in [0.25, 0.3) is 0 Å². The number of halogens is 1. The molecule has 0 bridgehead atoms. The average Bonchev–Trinajstić information content (AvgIpc) is 2.37. The van der Waals surface area contributed by atoms with Crippen molar-refractivity contribution in [3.05, 3.63) is 24.0 Å². The van der Waals surface area contributed by atoms with Gasteiger partial charge in [0.05, 0.1) is 18.0 Å². The third-order valence-electron chi connectivity index (χ3n) is 2.65. The van der Waals surface area contributed by atoms with Crippen LogP contribution in [0.3, 0.4) is 0 Å². The van der Waals surface area contributed by atoms with E-state index < -0.39 is 15.8 Å². The SMILES string of the molecule is CCOc1ccc(NS(=O)(=O)CCCNC(C)C)cc1F. The highest BCUT2D eigenvalue weighted by Gasteiger charge is 2.12. The molecule has 0 amide bonds. The molecule has 0 fully saturated rings. The van der Waals surface area contributed by atoms with Crippen LogP contribution in [0.15, 0.2) is 18.2 Å². The predicted octanol–water partition coefficient (Wildman–Crippen LogP) is 2.35. The molecule has 1 aromatic carbocycles. The van der Waals surface area contributed by atoms with Crippen molar-refractivity contribution in [2.24, 2.45) is 0 Å². The molecule has 0 unspecified atom stereocenters. The zero-order valence-electron chi connectivity index (χ0n) is 12.6. The minimum Gasteiger partial charge on any atom is -0.491 e. The number of benzene rings is 1. The molecule has 0 aliphatic heterocycles. The molecule has 120 valence electrons. The Kier molecular flexibility index (Phi) is 6.91. The lowest BCUT2D eigenvalue weighted by Gasteiger charge is -2.11. The number of rotatable bonds is 9. The Hall–Kier alpha value is -1.34. The molecule has 0 heterocycles. The standard InChI is InChI=1S/C14H23FN2O3S/c1-4-20-14-7-6-12(10-13(14)15)17-21(18,19)9-5-8-16-11(2)3/h6-7,10-11,16-17H,4-5,8-9H2,1-3H3. The van der Waals surface area contributed by atoms with Crippen molar-refractivity contribution < 1.29 is 17.5 Å². The van der Waals surface area contributed by atoms with Crippen LogP contribution in [0, 0.1) is 5.82 Å². The summed E-state index contributed by atoms with van der Waals surface area (Å²) in [6.07, 6.45) is 0.493. The van der Waals surface area contributed by atoms with Gasteiger partial charge in [-0.25, -0.2) is 12.8 Å². The minimum atomic E-state index is -3.47. The van der Waals surface area contributed by atoms with Crippen molar-refractivity contribution in [1.29, 1.82) is 0 Å². The van der Waals surface area contributed by atoms with E-state index in [1.807, 2.05) is 13.8 Å². The Morgan fingerprint density at radius 1 is 1.33 bits per heavy atom. The molecule has 21 heavy (non-hydrogen) atoms. The van der Waals surface area contributed by atoms with Gasteiger partial charge in [0, 0.05) is 12.1 Å². The highest BCUT2D eigenvalue weighted by atomic mass is 32.2. The van der Waals surface area contributed by atoms with Crippen LogP contribution in [0.2, 0.25) is 0 Å². The molecule has 1 aromatic rings. The lowest BCUT2D eigenvalue weighted by atomic mass is 10.3. The second kappa shape index (κ2) is 8.19. The van der Waals surface area contributed by atoms with Crippen LogP contribution >= 0.6 is 0 Å². The second-order valence-corrected chi connectivity index (χ2v) is 6.80. The van der Waals surface area contributed by atoms with Gasteiger partial charge in [-0.1, -0.05) is 13.8 Å². The maximum Gasteiger partial charge on any atom is 0.232 e. The highest BCUT2D eigenvalue weighted by Crippen LogP contribution is 2.21. The van der Waals surface area contributed by atoms with E-state index in [2.05, 4.69) is 10.0 Å². The Bertz CT molecular complexity index is 547. The van der Waals surface area contributed by atoms with Gasteiger partial charge in [0.25, 0.3) is 0 Å². The first-order valence-electron chi connectivity index (χ1n) is 7.00. The summed E-state index contributed by atoms with van der Waals surface area (Å²) in [6, 6.07) is 4.34. The van der Waals surface area contributed by atoms with Crippen LogP contribution in [-0.4, -0.2) is 33.4 Å². The maximum absolute atomic E-state index is 13.6. The number of anilines is 1. The fraction of sp³-hybridized carbons (Fsp3) is 0.571. The first kappa shape index (κ1) is 17.7. The van der Waals surface area contributed by atoms with Crippen LogP contribution < -0.4 is 14.8 Å². The molecule has 2 N–H and O–H groups in total. The number of hydrogen-bond donors (Lipinski definition) is 2. The van der Waals surface area contributed by atoms with Gasteiger partial charge in [0.2, 0.25) is 10.0 Å². The van der Waals surface area contributed by atoms with Crippen LogP contribution in [0.4, 0.5) is 10.1 Å². The van der Waals surface area contributed by atoms with E-state index in [1.165, 1.54) is 12.1 Å². The normalized spacial score (nSPS) is 11.7. The molecule has 0 aliphatic carbocycles. The van der Waals surface area contributed by atoms with Crippen LogP contribution in [-0.2, 0) is 10.0 Å². The first-order valence-corrected chi connectivity index (χ1v) is 8.65. The summed E-state index contributed by atoms with van der Waals surface area (Å²) in [4.78, 5) is 0. The number of sulfonamides is 1. The summed E-state index contributed by atoms with van der Waals surface area (Å²) in [6.45, 7) is 6.72. The lowest BCUT2D eigenvalue weighted by Crippen LogP contribution is -2.26. The van der Waals surface area contributed by atoms with Gasteiger partial charge in [0.15, 0.2) is 11.6 Å². The molecule has 0 spiro atoms. The molecular formula is C14H23FN2O3S. The molecule has 0 radical (unpaired) electrons. The zero-order valence-corrected chi connectivity index (χ0v) is 13.5. The second-order valence-electron chi connectivity index (χ2n) is 4.96. The van der Waals surface area contributed by atoms with E-state index in [1.54, 1.807) is 6.92 Å². The van der Waals surface area contributed by atoms with Gasteiger partial charge < -0.3 is 10.1 Å².